The summed E-state index contributed by atoms with van der Waals surface area (Å²) in [7, 11) is 2.14. The van der Waals surface area contributed by atoms with Crippen LogP contribution in [0.3, 0.4) is 0 Å². The SMILES string of the molecule is CCNC(CCN(C)c1ccccc1)c1cccc(Cl)c1. The van der Waals surface area contributed by atoms with E-state index in [9.17, 15) is 0 Å². The van der Waals surface area contributed by atoms with Gasteiger partial charge in [0.25, 0.3) is 0 Å². The summed E-state index contributed by atoms with van der Waals surface area (Å²) in [6.07, 6.45) is 1.04. The van der Waals surface area contributed by atoms with Crippen LogP contribution in [0.1, 0.15) is 24.9 Å². The molecule has 0 aliphatic heterocycles. The van der Waals surface area contributed by atoms with Crippen LogP contribution in [0.5, 0.6) is 0 Å². The summed E-state index contributed by atoms with van der Waals surface area (Å²) in [5.41, 5.74) is 2.50. The standard InChI is InChI=1S/C18H23ClN2/c1-3-20-18(15-8-7-9-16(19)14-15)12-13-21(2)17-10-5-4-6-11-17/h4-11,14,18,20H,3,12-13H2,1-2H3. The molecule has 1 atom stereocenters. The molecule has 21 heavy (non-hydrogen) atoms. The van der Waals surface area contributed by atoms with Crippen molar-refractivity contribution < 1.29 is 0 Å². The van der Waals surface area contributed by atoms with Crippen LogP contribution in [0.2, 0.25) is 5.02 Å². The van der Waals surface area contributed by atoms with Gasteiger partial charge in [-0.1, -0.05) is 48.9 Å². The third kappa shape index (κ3) is 4.76. The molecule has 2 rings (SSSR count). The second-order valence-electron chi connectivity index (χ2n) is 5.21. The molecule has 0 bridgehead atoms. The van der Waals surface area contributed by atoms with E-state index in [-0.39, 0.29) is 0 Å². The molecular weight excluding hydrogens is 280 g/mol. The monoisotopic (exact) mass is 302 g/mol. The number of anilines is 1. The third-order valence-electron chi connectivity index (χ3n) is 3.65. The maximum atomic E-state index is 6.11. The summed E-state index contributed by atoms with van der Waals surface area (Å²) < 4.78 is 0. The summed E-state index contributed by atoms with van der Waals surface area (Å²) in [5.74, 6) is 0. The summed E-state index contributed by atoms with van der Waals surface area (Å²) in [6.45, 7) is 4.08. The van der Waals surface area contributed by atoms with E-state index in [1.807, 2.05) is 18.2 Å². The minimum atomic E-state index is 0.333. The minimum absolute atomic E-state index is 0.333. The zero-order valence-electron chi connectivity index (χ0n) is 12.7. The van der Waals surface area contributed by atoms with Gasteiger partial charge in [0.2, 0.25) is 0 Å². The lowest BCUT2D eigenvalue weighted by Gasteiger charge is -2.24. The Kier molecular flexibility index (Phi) is 6.09. The van der Waals surface area contributed by atoms with Crippen LogP contribution in [0.4, 0.5) is 5.69 Å². The molecule has 0 heterocycles. The van der Waals surface area contributed by atoms with Crippen LogP contribution in [0, 0.1) is 0 Å². The van der Waals surface area contributed by atoms with E-state index in [1.54, 1.807) is 0 Å². The van der Waals surface area contributed by atoms with E-state index in [1.165, 1.54) is 11.3 Å². The molecule has 0 spiro atoms. The number of hydrogen-bond acceptors (Lipinski definition) is 2. The van der Waals surface area contributed by atoms with Crippen molar-refractivity contribution in [2.75, 3.05) is 25.0 Å². The first-order valence-electron chi connectivity index (χ1n) is 7.45. The molecule has 1 N–H and O–H groups in total. The van der Waals surface area contributed by atoms with Crippen molar-refractivity contribution in [3.8, 4) is 0 Å². The molecule has 0 amide bonds. The van der Waals surface area contributed by atoms with E-state index in [0.717, 1.165) is 24.5 Å². The van der Waals surface area contributed by atoms with Crippen molar-refractivity contribution in [1.29, 1.82) is 0 Å². The molecule has 0 aliphatic carbocycles. The maximum absolute atomic E-state index is 6.11. The highest BCUT2D eigenvalue weighted by Gasteiger charge is 2.12. The lowest BCUT2D eigenvalue weighted by atomic mass is 10.0. The quantitative estimate of drug-likeness (QED) is 0.809. The van der Waals surface area contributed by atoms with Gasteiger partial charge >= 0.3 is 0 Å². The fraction of sp³-hybridized carbons (Fsp3) is 0.333. The molecule has 0 fully saturated rings. The molecular formula is C18H23ClN2. The Labute approximate surface area is 132 Å². The van der Waals surface area contributed by atoms with Gasteiger partial charge in [-0.15, -0.1) is 0 Å². The van der Waals surface area contributed by atoms with E-state index >= 15 is 0 Å². The Hall–Kier alpha value is -1.51. The number of nitrogens with zero attached hydrogens (tertiary/aromatic N) is 1. The number of halogens is 1. The molecule has 0 saturated carbocycles. The molecule has 112 valence electrons. The normalized spacial score (nSPS) is 12.1. The predicted molar refractivity (Wildman–Crippen MR) is 92.2 cm³/mol. The Balaban J connectivity index is 2.00. The van der Waals surface area contributed by atoms with Gasteiger partial charge < -0.3 is 10.2 Å². The van der Waals surface area contributed by atoms with Crippen LogP contribution in [-0.2, 0) is 0 Å². The van der Waals surface area contributed by atoms with Gasteiger partial charge in [-0.05, 0) is 42.8 Å². The fourth-order valence-electron chi connectivity index (χ4n) is 2.49. The van der Waals surface area contributed by atoms with Gasteiger partial charge in [-0.25, -0.2) is 0 Å². The topological polar surface area (TPSA) is 15.3 Å². The zero-order valence-corrected chi connectivity index (χ0v) is 13.5. The van der Waals surface area contributed by atoms with Gasteiger partial charge in [0.1, 0.15) is 0 Å². The first-order valence-corrected chi connectivity index (χ1v) is 7.83. The predicted octanol–water partition coefficient (Wildman–Crippen LogP) is 4.52. The lowest BCUT2D eigenvalue weighted by molar-refractivity contribution is 0.516. The molecule has 0 radical (unpaired) electrons. The van der Waals surface area contributed by atoms with E-state index in [4.69, 9.17) is 11.6 Å². The number of rotatable bonds is 7. The van der Waals surface area contributed by atoms with Gasteiger partial charge in [-0.3, -0.25) is 0 Å². The Morgan fingerprint density at radius 3 is 2.52 bits per heavy atom. The van der Waals surface area contributed by atoms with Crippen molar-refractivity contribution in [2.45, 2.75) is 19.4 Å². The maximum Gasteiger partial charge on any atom is 0.0409 e. The minimum Gasteiger partial charge on any atom is -0.375 e. The van der Waals surface area contributed by atoms with Gasteiger partial charge in [0.05, 0.1) is 0 Å². The van der Waals surface area contributed by atoms with Crippen molar-refractivity contribution in [1.82, 2.24) is 5.32 Å². The van der Waals surface area contributed by atoms with Crippen LogP contribution >= 0.6 is 11.6 Å². The molecule has 3 heteroatoms. The van der Waals surface area contributed by atoms with Crippen molar-refractivity contribution >= 4 is 17.3 Å². The number of nitrogens with one attached hydrogen (secondary N) is 1. The molecule has 0 saturated heterocycles. The van der Waals surface area contributed by atoms with Crippen LogP contribution in [0.25, 0.3) is 0 Å². The van der Waals surface area contributed by atoms with Crippen LogP contribution < -0.4 is 10.2 Å². The van der Waals surface area contributed by atoms with Crippen LogP contribution in [0.15, 0.2) is 54.6 Å². The van der Waals surface area contributed by atoms with Gasteiger partial charge in [0, 0.05) is 30.3 Å². The van der Waals surface area contributed by atoms with E-state index < -0.39 is 0 Å². The summed E-state index contributed by atoms with van der Waals surface area (Å²) in [5, 5.41) is 4.35. The largest absolute Gasteiger partial charge is 0.375 e. The summed E-state index contributed by atoms with van der Waals surface area (Å²) in [4.78, 5) is 2.29. The van der Waals surface area contributed by atoms with Crippen molar-refractivity contribution in [3.63, 3.8) is 0 Å². The van der Waals surface area contributed by atoms with Crippen LogP contribution in [-0.4, -0.2) is 20.1 Å². The number of hydrogen-bond donors (Lipinski definition) is 1. The first-order chi connectivity index (χ1) is 10.2. The Morgan fingerprint density at radius 2 is 1.86 bits per heavy atom. The molecule has 0 aromatic heterocycles. The van der Waals surface area contributed by atoms with Gasteiger partial charge in [0.15, 0.2) is 0 Å². The molecule has 2 aromatic carbocycles. The molecule has 1 unspecified atom stereocenters. The zero-order chi connectivity index (χ0) is 15.1. The highest BCUT2D eigenvalue weighted by molar-refractivity contribution is 6.30. The molecule has 0 aliphatic rings. The highest BCUT2D eigenvalue weighted by Crippen LogP contribution is 2.22. The Morgan fingerprint density at radius 1 is 1.10 bits per heavy atom. The molecule has 2 aromatic rings. The smallest absolute Gasteiger partial charge is 0.0409 e. The average Bonchev–Trinajstić information content (AvgIpc) is 2.52. The van der Waals surface area contributed by atoms with E-state index in [2.05, 4.69) is 60.6 Å². The third-order valence-corrected chi connectivity index (χ3v) is 3.89. The lowest BCUT2D eigenvalue weighted by Crippen LogP contribution is -2.27. The average molecular weight is 303 g/mol. The van der Waals surface area contributed by atoms with Crippen molar-refractivity contribution in [3.05, 3.63) is 65.2 Å². The number of para-hydroxylation sites is 1. The molecule has 2 nitrogen and oxygen atoms in total. The van der Waals surface area contributed by atoms with Gasteiger partial charge in [-0.2, -0.15) is 0 Å². The first kappa shape index (κ1) is 15.9. The fourth-order valence-corrected chi connectivity index (χ4v) is 2.69. The highest BCUT2D eigenvalue weighted by atomic mass is 35.5. The Bertz CT molecular complexity index is 542. The summed E-state index contributed by atoms with van der Waals surface area (Å²) in [6, 6.07) is 18.9. The van der Waals surface area contributed by atoms with E-state index in [0.29, 0.717) is 6.04 Å². The second kappa shape index (κ2) is 8.06. The summed E-state index contributed by atoms with van der Waals surface area (Å²) >= 11 is 6.11. The number of benzene rings is 2. The second-order valence-corrected chi connectivity index (χ2v) is 5.65. The van der Waals surface area contributed by atoms with Crippen molar-refractivity contribution in [2.24, 2.45) is 0 Å².